The molecule has 8 heteroatoms. The first kappa shape index (κ1) is 15.4. The van der Waals surface area contributed by atoms with Gasteiger partial charge in [0.15, 0.2) is 5.82 Å². The van der Waals surface area contributed by atoms with Gasteiger partial charge < -0.3 is 11.1 Å². The number of carbonyl (C=O) groups excluding carboxylic acids is 1. The van der Waals surface area contributed by atoms with Crippen LogP contribution in [-0.2, 0) is 0 Å². The molecule has 1 aromatic carbocycles. The number of anilines is 2. The molecule has 0 aliphatic carbocycles. The van der Waals surface area contributed by atoms with E-state index in [9.17, 15) is 9.18 Å². The Morgan fingerprint density at radius 3 is 2.87 bits per heavy atom. The molecule has 5 nitrogen and oxygen atoms in total. The molecule has 3 N–H and O–H groups in total. The number of aromatic nitrogens is 2. The number of hydrogen-bond acceptors (Lipinski definition) is 5. The molecule has 1 amide bonds. The quantitative estimate of drug-likeness (QED) is 0.750. The summed E-state index contributed by atoms with van der Waals surface area (Å²) >= 11 is 7.13. The first-order valence-electron chi connectivity index (χ1n) is 6.47. The van der Waals surface area contributed by atoms with Crippen LogP contribution in [-0.4, -0.2) is 15.9 Å². The monoisotopic (exact) mass is 348 g/mol. The number of pyridine rings is 1. The van der Waals surface area contributed by atoms with Crippen molar-refractivity contribution in [1.29, 1.82) is 0 Å². The van der Waals surface area contributed by atoms with Crippen LogP contribution < -0.4 is 11.1 Å². The summed E-state index contributed by atoms with van der Waals surface area (Å²) in [4.78, 5) is 20.2. The maximum absolute atomic E-state index is 13.4. The van der Waals surface area contributed by atoms with Crippen molar-refractivity contribution in [3.63, 3.8) is 0 Å². The summed E-state index contributed by atoms with van der Waals surface area (Å²) in [5, 5.41) is 3.71. The first-order valence-corrected chi connectivity index (χ1v) is 7.67. The van der Waals surface area contributed by atoms with Gasteiger partial charge in [0, 0.05) is 11.8 Å². The molecule has 0 radical (unpaired) electrons. The molecular weight excluding hydrogens is 339 g/mol. The lowest BCUT2D eigenvalue weighted by Gasteiger charge is -2.03. The summed E-state index contributed by atoms with van der Waals surface area (Å²) in [7, 11) is 0. The first-order chi connectivity index (χ1) is 11.0. The number of nitrogens with two attached hydrogens (primary N) is 1. The summed E-state index contributed by atoms with van der Waals surface area (Å²) in [6.07, 6.45) is 3.21. The van der Waals surface area contributed by atoms with Gasteiger partial charge >= 0.3 is 0 Å². The molecule has 0 aliphatic rings. The number of nitrogens with zero attached hydrogens (tertiary/aromatic N) is 2. The Labute approximate surface area is 140 Å². The van der Waals surface area contributed by atoms with Gasteiger partial charge in [0.1, 0.15) is 15.7 Å². The topological polar surface area (TPSA) is 80.9 Å². The molecule has 2 heterocycles. The van der Waals surface area contributed by atoms with Crippen molar-refractivity contribution >= 4 is 40.4 Å². The standard InChI is InChI=1S/C15H10ClFN4OS/c16-11-4-3-8(17)6-10(11)15-21-14(12(23-15)13(18)22)20-9-2-1-5-19-7-9/h1-7,20H,(H2,18,22). The van der Waals surface area contributed by atoms with Crippen molar-refractivity contribution in [2.75, 3.05) is 5.32 Å². The third-order valence-electron chi connectivity index (χ3n) is 2.93. The van der Waals surface area contributed by atoms with Crippen LogP contribution >= 0.6 is 22.9 Å². The van der Waals surface area contributed by atoms with Crippen molar-refractivity contribution in [3.8, 4) is 10.6 Å². The molecule has 3 rings (SSSR count). The molecule has 0 saturated carbocycles. The van der Waals surface area contributed by atoms with E-state index in [2.05, 4.69) is 15.3 Å². The zero-order valence-corrected chi connectivity index (χ0v) is 13.2. The molecule has 0 atom stereocenters. The lowest BCUT2D eigenvalue weighted by molar-refractivity contribution is 0.100. The summed E-state index contributed by atoms with van der Waals surface area (Å²) in [5.41, 5.74) is 6.45. The Kier molecular flexibility index (Phi) is 4.22. The molecule has 0 saturated heterocycles. The van der Waals surface area contributed by atoms with Gasteiger partial charge in [0.05, 0.1) is 16.9 Å². The average molecular weight is 349 g/mol. The molecular formula is C15H10ClFN4OS. The van der Waals surface area contributed by atoms with Crippen molar-refractivity contribution in [2.24, 2.45) is 5.73 Å². The fraction of sp³-hybridized carbons (Fsp3) is 0. The zero-order chi connectivity index (χ0) is 16.4. The number of benzene rings is 1. The molecule has 23 heavy (non-hydrogen) atoms. The second kappa shape index (κ2) is 6.31. The Balaban J connectivity index is 2.05. The summed E-state index contributed by atoms with van der Waals surface area (Å²) in [5.74, 6) is -0.791. The predicted octanol–water partition coefficient (Wildman–Crippen LogP) is 3.84. The van der Waals surface area contributed by atoms with Gasteiger partial charge in [-0.15, -0.1) is 11.3 Å². The van der Waals surface area contributed by atoms with E-state index in [0.717, 1.165) is 11.3 Å². The summed E-state index contributed by atoms with van der Waals surface area (Å²) in [6.45, 7) is 0. The molecule has 0 bridgehead atoms. The highest BCUT2D eigenvalue weighted by Gasteiger charge is 2.19. The number of amides is 1. The van der Waals surface area contributed by atoms with Crippen LogP contribution in [0.5, 0.6) is 0 Å². The number of thiazole rings is 1. The van der Waals surface area contributed by atoms with Gasteiger partial charge in [0.25, 0.3) is 5.91 Å². The minimum absolute atomic E-state index is 0.226. The minimum atomic E-state index is -0.632. The molecule has 0 fully saturated rings. The van der Waals surface area contributed by atoms with Crippen molar-refractivity contribution in [1.82, 2.24) is 9.97 Å². The second-order valence-electron chi connectivity index (χ2n) is 4.55. The summed E-state index contributed by atoms with van der Waals surface area (Å²) < 4.78 is 13.4. The van der Waals surface area contributed by atoms with E-state index in [-0.39, 0.29) is 10.7 Å². The van der Waals surface area contributed by atoms with Crippen LogP contribution in [0.2, 0.25) is 5.02 Å². The van der Waals surface area contributed by atoms with Gasteiger partial charge in [-0.2, -0.15) is 0 Å². The molecule has 2 aromatic heterocycles. The Morgan fingerprint density at radius 2 is 2.17 bits per heavy atom. The van der Waals surface area contributed by atoms with Crippen LogP contribution in [0, 0.1) is 5.82 Å². The third-order valence-corrected chi connectivity index (χ3v) is 4.37. The number of carbonyl (C=O) groups is 1. The van der Waals surface area contributed by atoms with Gasteiger partial charge in [-0.25, -0.2) is 9.37 Å². The summed E-state index contributed by atoms with van der Waals surface area (Å²) in [6, 6.07) is 7.46. The zero-order valence-electron chi connectivity index (χ0n) is 11.6. The molecule has 116 valence electrons. The molecule has 0 aliphatic heterocycles. The lowest BCUT2D eigenvalue weighted by Crippen LogP contribution is -2.11. The van der Waals surface area contributed by atoms with E-state index >= 15 is 0 Å². The highest BCUT2D eigenvalue weighted by atomic mass is 35.5. The van der Waals surface area contributed by atoms with E-state index < -0.39 is 11.7 Å². The van der Waals surface area contributed by atoms with Gasteiger partial charge in [-0.3, -0.25) is 9.78 Å². The maximum atomic E-state index is 13.4. The number of hydrogen-bond donors (Lipinski definition) is 2. The second-order valence-corrected chi connectivity index (χ2v) is 5.96. The Hall–Kier alpha value is -2.51. The molecule has 0 spiro atoms. The highest BCUT2D eigenvalue weighted by molar-refractivity contribution is 7.17. The van der Waals surface area contributed by atoms with Crippen molar-refractivity contribution < 1.29 is 9.18 Å². The SMILES string of the molecule is NC(=O)c1sc(-c2cc(F)ccc2Cl)nc1Nc1cccnc1. The highest BCUT2D eigenvalue weighted by Crippen LogP contribution is 2.36. The minimum Gasteiger partial charge on any atom is -0.365 e. The maximum Gasteiger partial charge on any atom is 0.262 e. The number of rotatable bonds is 4. The van der Waals surface area contributed by atoms with Gasteiger partial charge in [-0.1, -0.05) is 11.6 Å². The average Bonchev–Trinajstić information content (AvgIpc) is 2.94. The predicted molar refractivity (Wildman–Crippen MR) is 88.6 cm³/mol. The van der Waals surface area contributed by atoms with E-state index in [1.54, 1.807) is 24.5 Å². The largest absolute Gasteiger partial charge is 0.365 e. The van der Waals surface area contributed by atoms with Crippen LogP contribution in [0.3, 0.4) is 0 Å². The third kappa shape index (κ3) is 3.30. The fourth-order valence-electron chi connectivity index (χ4n) is 1.92. The van der Waals surface area contributed by atoms with Crippen molar-refractivity contribution in [2.45, 2.75) is 0 Å². The van der Waals surface area contributed by atoms with E-state index in [1.165, 1.54) is 18.2 Å². The van der Waals surface area contributed by atoms with Crippen LogP contribution in [0.25, 0.3) is 10.6 Å². The number of primary amides is 1. The normalized spacial score (nSPS) is 10.5. The van der Waals surface area contributed by atoms with Crippen LogP contribution in [0.1, 0.15) is 9.67 Å². The van der Waals surface area contributed by atoms with E-state index in [1.807, 2.05) is 0 Å². The molecule has 0 unspecified atom stereocenters. The lowest BCUT2D eigenvalue weighted by atomic mass is 10.2. The number of halogens is 2. The van der Waals surface area contributed by atoms with Gasteiger partial charge in [0.2, 0.25) is 0 Å². The van der Waals surface area contributed by atoms with E-state index in [4.69, 9.17) is 17.3 Å². The van der Waals surface area contributed by atoms with Crippen molar-refractivity contribution in [3.05, 3.63) is 58.4 Å². The fourth-order valence-corrected chi connectivity index (χ4v) is 3.09. The van der Waals surface area contributed by atoms with E-state index in [0.29, 0.717) is 21.3 Å². The van der Waals surface area contributed by atoms with Gasteiger partial charge in [-0.05, 0) is 30.3 Å². The van der Waals surface area contributed by atoms with Crippen LogP contribution in [0.4, 0.5) is 15.9 Å². The van der Waals surface area contributed by atoms with Crippen LogP contribution in [0.15, 0.2) is 42.7 Å². The smallest absolute Gasteiger partial charge is 0.262 e. The number of nitrogens with one attached hydrogen (secondary N) is 1. The Morgan fingerprint density at radius 1 is 1.35 bits per heavy atom. The Bertz CT molecular complexity index is 869. The molecule has 3 aromatic rings.